The Morgan fingerprint density at radius 1 is 1.73 bits per heavy atom. The second-order valence-corrected chi connectivity index (χ2v) is 3.48. The molecule has 0 atom stereocenters. The molecule has 0 fully saturated rings. The maximum Gasteiger partial charge on any atom is 0.244 e. The van der Waals surface area contributed by atoms with Crippen LogP contribution < -0.4 is 5.73 Å². The van der Waals surface area contributed by atoms with Crippen molar-refractivity contribution in [3.8, 4) is 0 Å². The van der Waals surface area contributed by atoms with Gasteiger partial charge in [0.15, 0.2) is 0 Å². The van der Waals surface area contributed by atoms with Gasteiger partial charge < -0.3 is 10.6 Å². The van der Waals surface area contributed by atoms with Gasteiger partial charge in [-0.15, -0.1) is 5.10 Å². The molecular weight excluding hydrogens is 214 g/mol. The van der Waals surface area contributed by atoms with Gasteiger partial charge in [0.05, 0.1) is 0 Å². The first-order valence-electron chi connectivity index (χ1n) is 4.47. The molecule has 0 saturated heterocycles. The molecule has 0 aliphatic carbocycles. The van der Waals surface area contributed by atoms with E-state index in [1.165, 1.54) is 11.0 Å². The van der Waals surface area contributed by atoms with Gasteiger partial charge in [0.25, 0.3) is 0 Å². The number of rotatable bonds is 4. The Balaban J connectivity index is 2.65. The zero-order valence-corrected chi connectivity index (χ0v) is 9.49. The predicted molar refractivity (Wildman–Crippen MR) is 59.2 cm³/mol. The minimum absolute atomic E-state index is 0.0307. The predicted octanol–water partition coefficient (Wildman–Crippen LogP) is -0.609. The lowest BCUT2D eigenvalue weighted by Gasteiger charge is -2.13. The quantitative estimate of drug-likeness (QED) is 0.694. The summed E-state index contributed by atoms with van der Waals surface area (Å²) in [4.78, 5) is 17.1. The molecule has 1 aromatic rings. The standard InChI is InChI=1S/C8H13N5OS/c1-3-12(2)6(14)4-13-5-10-8(11-13)7(9)15/h5H,3-4H2,1-2H3,(H2,9,15). The minimum atomic E-state index is -0.0307. The van der Waals surface area contributed by atoms with E-state index < -0.39 is 0 Å². The van der Waals surface area contributed by atoms with Crippen molar-refractivity contribution in [2.45, 2.75) is 13.5 Å². The van der Waals surface area contributed by atoms with E-state index in [9.17, 15) is 4.79 Å². The summed E-state index contributed by atoms with van der Waals surface area (Å²) in [5, 5.41) is 3.96. The number of aromatic nitrogens is 3. The zero-order chi connectivity index (χ0) is 11.4. The number of amides is 1. The molecule has 1 amide bonds. The highest BCUT2D eigenvalue weighted by molar-refractivity contribution is 7.80. The number of hydrogen-bond acceptors (Lipinski definition) is 4. The van der Waals surface area contributed by atoms with Crippen LogP contribution >= 0.6 is 12.2 Å². The second-order valence-electron chi connectivity index (χ2n) is 3.04. The molecule has 0 aliphatic rings. The van der Waals surface area contributed by atoms with Crippen LogP contribution in [0.5, 0.6) is 0 Å². The van der Waals surface area contributed by atoms with Crippen LogP contribution in [0, 0.1) is 0 Å². The van der Waals surface area contributed by atoms with Crippen LogP contribution in [0.4, 0.5) is 0 Å². The first-order chi connectivity index (χ1) is 7.04. The smallest absolute Gasteiger partial charge is 0.244 e. The fourth-order valence-corrected chi connectivity index (χ4v) is 1.01. The fourth-order valence-electron chi connectivity index (χ4n) is 0.919. The minimum Gasteiger partial charge on any atom is -0.387 e. The summed E-state index contributed by atoms with van der Waals surface area (Å²) in [7, 11) is 1.73. The van der Waals surface area contributed by atoms with Crippen molar-refractivity contribution >= 4 is 23.1 Å². The highest BCUT2D eigenvalue weighted by Gasteiger charge is 2.09. The number of carbonyl (C=O) groups is 1. The third-order valence-corrected chi connectivity index (χ3v) is 2.14. The van der Waals surface area contributed by atoms with Gasteiger partial charge in [-0.1, -0.05) is 12.2 Å². The van der Waals surface area contributed by atoms with Crippen molar-refractivity contribution in [3.63, 3.8) is 0 Å². The summed E-state index contributed by atoms with van der Waals surface area (Å²) in [6.07, 6.45) is 1.44. The molecule has 1 rings (SSSR count). The van der Waals surface area contributed by atoms with Crippen molar-refractivity contribution in [3.05, 3.63) is 12.2 Å². The third kappa shape index (κ3) is 2.98. The van der Waals surface area contributed by atoms with E-state index in [-0.39, 0.29) is 23.3 Å². The van der Waals surface area contributed by atoms with Crippen LogP contribution in [-0.2, 0) is 11.3 Å². The average molecular weight is 227 g/mol. The van der Waals surface area contributed by atoms with Crippen molar-refractivity contribution in [1.82, 2.24) is 19.7 Å². The molecular formula is C8H13N5OS. The van der Waals surface area contributed by atoms with Gasteiger partial charge in [-0.25, -0.2) is 9.67 Å². The summed E-state index contributed by atoms with van der Waals surface area (Å²) in [6, 6.07) is 0. The number of nitrogens with two attached hydrogens (primary N) is 1. The van der Waals surface area contributed by atoms with Crippen LogP contribution in [0.15, 0.2) is 6.33 Å². The van der Waals surface area contributed by atoms with Gasteiger partial charge in [0.2, 0.25) is 11.7 Å². The van der Waals surface area contributed by atoms with E-state index in [1.807, 2.05) is 6.92 Å². The molecule has 0 saturated carbocycles. The summed E-state index contributed by atoms with van der Waals surface area (Å²) >= 11 is 4.71. The number of nitrogens with zero attached hydrogens (tertiary/aromatic N) is 4. The van der Waals surface area contributed by atoms with Crippen molar-refractivity contribution in [2.75, 3.05) is 13.6 Å². The molecule has 0 radical (unpaired) electrons. The van der Waals surface area contributed by atoms with E-state index in [1.54, 1.807) is 11.9 Å². The Morgan fingerprint density at radius 3 is 2.87 bits per heavy atom. The van der Waals surface area contributed by atoms with Gasteiger partial charge in [-0.2, -0.15) is 0 Å². The molecule has 0 spiro atoms. The summed E-state index contributed by atoms with van der Waals surface area (Å²) in [5.41, 5.74) is 5.34. The molecule has 1 heterocycles. The molecule has 0 unspecified atom stereocenters. The molecule has 7 heteroatoms. The number of likely N-dealkylation sites (N-methyl/N-ethyl adjacent to an activating group) is 1. The Bertz CT molecular complexity index is 375. The normalized spacial score (nSPS) is 10.0. The molecule has 2 N–H and O–H groups in total. The van der Waals surface area contributed by atoms with Crippen molar-refractivity contribution in [2.24, 2.45) is 5.73 Å². The van der Waals surface area contributed by atoms with Gasteiger partial charge in [0, 0.05) is 13.6 Å². The molecule has 15 heavy (non-hydrogen) atoms. The zero-order valence-electron chi connectivity index (χ0n) is 8.67. The molecule has 0 bridgehead atoms. The van der Waals surface area contributed by atoms with Gasteiger partial charge in [-0.3, -0.25) is 4.79 Å². The van der Waals surface area contributed by atoms with Crippen molar-refractivity contribution in [1.29, 1.82) is 0 Å². The fraction of sp³-hybridized carbons (Fsp3) is 0.500. The number of carbonyl (C=O) groups excluding carboxylic acids is 1. The molecule has 0 aromatic carbocycles. The SMILES string of the molecule is CCN(C)C(=O)Cn1cnc(C(N)=S)n1. The second kappa shape index (κ2) is 4.83. The van der Waals surface area contributed by atoms with E-state index >= 15 is 0 Å². The maximum absolute atomic E-state index is 11.5. The Labute approximate surface area is 93.1 Å². The molecule has 1 aromatic heterocycles. The number of hydrogen-bond donors (Lipinski definition) is 1. The summed E-state index contributed by atoms with van der Waals surface area (Å²) < 4.78 is 1.42. The van der Waals surface area contributed by atoms with E-state index in [0.29, 0.717) is 6.54 Å². The number of thiocarbonyl (C=S) groups is 1. The lowest BCUT2D eigenvalue weighted by molar-refractivity contribution is -0.130. The van der Waals surface area contributed by atoms with Crippen molar-refractivity contribution < 1.29 is 4.79 Å². The Morgan fingerprint density at radius 2 is 2.40 bits per heavy atom. The highest BCUT2D eigenvalue weighted by atomic mass is 32.1. The van der Waals surface area contributed by atoms with Crippen LogP contribution in [0.25, 0.3) is 0 Å². The highest BCUT2D eigenvalue weighted by Crippen LogP contribution is 1.92. The van der Waals surface area contributed by atoms with E-state index in [2.05, 4.69) is 10.1 Å². The van der Waals surface area contributed by atoms with Gasteiger partial charge in [0.1, 0.15) is 17.9 Å². The summed E-state index contributed by atoms with van der Waals surface area (Å²) in [6.45, 7) is 2.72. The average Bonchev–Trinajstić information content (AvgIpc) is 2.65. The topological polar surface area (TPSA) is 77.0 Å². The lowest BCUT2D eigenvalue weighted by atomic mass is 10.5. The van der Waals surface area contributed by atoms with Gasteiger partial charge in [-0.05, 0) is 6.92 Å². The first kappa shape index (κ1) is 11.6. The summed E-state index contributed by atoms with van der Waals surface area (Å²) in [5.74, 6) is 0.258. The monoisotopic (exact) mass is 227 g/mol. The van der Waals surface area contributed by atoms with Crippen LogP contribution in [-0.4, -0.2) is 44.2 Å². The largest absolute Gasteiger partial charge is 0.387 e. The lowest BCUT2D eigenvalue weighted by Crippen LogP contribution is -2.30. The molecule has 0 aliphatic heterocycles. The molecule has 6 nitrogen and oxygen atoms in total. The Kier molecular flexibility index (Phi) is 3.73. The van der Waals surface area contributed by atoms with Gasteiger partial charge >= 0.3 is 0 Å². The van der Waals surface area contributed by atoms with E-state index in [0.717, 1.165) is 0 Å². The van der Waals surface area contributed by atoms with E-state index in [4.69, 9.17) is 18.0 Å². The van der Waals surface area contributed by atoms with Crippen LogP contribution in [0.2, 0.25) is 0 Å². The third-order valence-electron chi connectivity index (χ3n) is 1.95. The van der Waals surface area contributed by atoms with Crippen LogP contribution in [0.1, 0.15) is 12.7 Å². The van der Waals surface area contributed by atoms with Crippen LogP contribution in [0.3, 0.4) is 0 Å². The molecule has 82 valence electrons. The first-order valence-corrected chi connectivity index (χ1v) is 4.88. The maximum atomic E-state index is 11.5. The Hall–Kier alpha value is -1.50.